The molecule has 2 saturated heterocycles. The Hall–Kier alpha value is -0.670. The zero-order chi connectivity index (χ0) is 10.3. The summed E-state index contributed by atoms with van der Waals surface area (Å²) < 4.78 is 16.3. The van der Waals surface area contributed by atoms with Gasteiger partial charge in [0, 0.05) is 0 Å². The number of fused-ring (bicyclic) bond motifs is 1. The van der Waals surface area contributed by atoms with Crippen molar-refractivity contribution in [2.45, 2.75) is 38.1 Å². The SMILES string of the molecule is CC1(C)O[C@@H]2O[C@@H](CO)[C@H](C#N)[C@@H]2O1. The van der Waals surface area contributed by atoms with Crippen LogP contribution in [0, 0.1) is 17.2 Å². The van der Waals surface area contributed by atoms with Gasteiger partial charge in [-0.2, -0.15) is 5.26 Å². The third kappa shape index (κ3) is 1.41. The molecule has 2 fully saturated rings. The van der Waals surface area contributed by atoms with E-state index < -0.39 is 24.1 Å². The quantitative estimate of drug-likeness (QED) is 0.643. The maximum Gasteiger partial charge on any atom is 0.189 e. The molecule has 0 amide bonds. The summed E-state index contributed by atoms with van der Waals surface area (Å²) in [5, 5.41) is 17.9. The fourth-order valence-electron chi connectivity index (χ4n) is 1.89. The van der Waals surface area contributed by atoms with Crippen LogP contribution in [-0.2, 0) is 14.2 Å². The Morgan fingerprint density at radius 1 is 1.43 bits per heavy atom. The van der Waals surface area contributed by atoms with Crippen LogP contribution >= 0.6 is 0 Å². The molecule has 0 aromatic heterocycles. The lowest BCUT2D eigenvalue weighted by atomic mass is 10.0. The molecule has 0 aromatic rings. The van der Waals surface area contributed by atoms with Crippen molar-refractivity contribution < 1.29 is 19.3 Å². The summed E-state index contributed by atoms with van der Waals surface area (Å²) in [7, 11) is 0. The molecule has 0 aliphatic carbocycles. The molecule has 4 atom stereocenters. The summed E-state index contributed by atoms with van der Waals surface area (Å²) in [6, 6.07) is 2.08. The molecule has 0 aromatic carbocycles. The van der Waals surface area contributed by atoms with Crippen molar-refractivity contribution in [2.24, 2.45) is 5.92 Å². The van der Waals surface area contributed by atoms with Crippen LogP contribution in [0.1, 0.15) is 13.8 Å². The number of aliphatic hydroxyl groups is 1. The van der Waals surface area contributed by atoms with E-state index in [9.17, 15) is 0 Å². The number of aliphatic hydroxyl groups excluding tert-OH is 1. The molecule has 5 nitrogen and oxygen atoms in total. The van der Waals surface area contributed by atoms with Gasteiger partial charge in [0.05, 0.1) is 12.7 Å². The molecule has 0 radical (unpaired) electrons. The molecule has 0 saturated carbocycles. The van der Waals surface area contributed by atoms with E-state index in [0.717, 1.165) is 0 Å². The van der Waals surface area contributed by atoms with E-state index in [1.807, 2.05) is 0 Å². The van der Waals surface area contributed by atoms with E-state index >= 15 is 0 Å². The van der Waals surface area contributed by atoms with E-state index in [4.69, 9.17) is 24.6 Å². The maximum atomic E-state index is 8.97. The lowest BCUT2D eigenvalue weighted by Gasteiger charge is -2.21. The average molecular weight is 199 g/mol. The van der Waals surface area contributed by atoms with Crippen LogP contribution in [-0.4, -0.2) is 36.0 Å². The number of nitrogens with zero attached hydrogens (tertiary/aromatic N) is 1. The smallest absolute Gasteiger partial charge is 0.189 e. The molecule has 0 unspecified atom stereocenters. The van der Waals surface area contributed by atoms with Crippen LogP contribution in [0.25, 0.3) is 0 Å². The summed E-state index contributed by atoms with van der Waals surface area (Å²) in [6.07, 6.45) is -1.40. The van der Waals surface area contributed by atoms with Crippen molar-refractivity contribution in [3.63, 3.8) is 0 Å². The molecule has 0 spiro atoms. The van der Waals surface area contributed by atoms with Crippen molar-refractivity contribution in [3.05, 3.63) is 0 Å². The van der Waals surface area contributed by atoms with Crippen LogP contribution in [0.4, 0.5) is 0 Å². The number of nitriles is 1. The van der Waals surface area contributed by atoms with Crippen LogP contribution in [0.15, 0.2) is 0 Å². The van der Waals surface area contributed by atoms with Gasteiger partial charge >= 0.3 is 0 Å². The maximum absolute atomic E-state index is 8.97. The fraction of sp³-hybridized carbons (Fsp3) is 0.889. The van der Waals surface area contributed by atoms with Crippen molar-refractivity contribution in [2.75, 3.05) is 6.61 Å². The summed E-state index contributed by atoms with van der Waals surface area (Å²) in [5.41, 5.74) is 0. The molecular formula is C9H13NO4. The molecule has 14 heavy (non-hydrogen) atoms. The Bertz CT molecular complexity index is 272. The minimum absolute atomic E-state index is 0.182. The van der Waals surface area contributed by atoms with Gasteiger partial charge in [0.2, 0.25) is 0 Å². The zero-order valence-electron chi connectivity index (χ0n) is 8.14. The molecule has 2 rings (SSSR count). The first-order valence-corrected chi connectivity index (χ1v) is 4.59. The lowest BCUT2D eigenvalue weighted by molar-refractivity contribution is -0.211. The molecule has 0 bridgehead atoms. The third-order valence-electron chi connectivity index (χ3n) is 2.48. The van der Waals surface area contributed by atoms with Crippen molar-refractivity contribution in [3.8, 4) is 6.07 Å². The molecule has 2 heterocycles. The lowest BCUT2D eigenvalue weighted by Crippen LogP contribution is -2.30. The van der Waals surface area contributed by atoms with Gasteiger partial charge in [-0.05, 0) is 13.8 Å². The zero-order valence-corrected chi connectivity index (χ0v) is 8.14. The summed E-state index contributed by atoms with van der Waals surface area (Å²) in [4.78, 5) is 0. The second kappa shape index (κ2) is 3.17. The molecule has 2 aliphatic heterocycles. The van der Waals surface area contributed by atoms with Gasteiger partial charge in [-0.15, -0.1) is 0 Å². The topological polar surface area (TPSA) is 71.7 Å². The number of hydrogen-bond acceptors (Lipinski definition) is 5. The van der Waals surface area contributed by atoms with Crippen LogP contribution in [0.2, 0.25) is 0 Å². The average Bonchev–Trinajstić information content (AvgIpc) is 2.55. The van der Waals surface area contributed by atoms with E-state index in [-0.39, 0.29) is 12.7 Å². The number of hydrogen-bond donors (Lipinski definition) is 1. The Balaban J connectivity index is 2.14. The van der Waals surface area contributed by atoms with Gasteiger partial charge in [-0.3, -0.25) is 0 Å². The van der Waals surface area contributed by atoms with Gasteiger partial charge in [0.15, 0.2) is 12.1 Å². The summed E-state index contributed by atoms with van der Waals surface area (Å²) in [6.45, 7) is 3.37. The minimum atomic E-state index is -0.704. The summed E-state index contributed by atoms with van der Waals surface area (Å²) >= 11 is 0. The van der Waals surface area contributed by atoms with Gasteiger partial charge in [-0.1, -0.05) is 0 Å². The highest BCUT2D eigenvalue weighted by molar-refractivity contribution is 5.03. The number of ether oxygens (including phenoxy) is 3. The standard InChI is InChI=1S/C9H13NO4/c1-9(2)13-7-5(3-10)6(4-11)12-8(7)14-9/h5-8,11H,4H2,1-2H3/t5-,6-,7-,8-/m0/s1. The Labute approximate surface area is 82.2 Å². The Kier molecular flexibility index (Phi) is 2.24. The van der Waals surface area contributed by atoms with Gasteiger partial charge in [-0.25, -0.2) is 0 Å². The second-order valence-corrected chi connectivity index (χ2v) is 3.98. The monoisotopic (exact) mass is 199 g/mol. The highest BCUT2D eigenvalue weighted by Crippen LogP contribution is 2.40. The first-order chi connectivity index (χ1) is 6.57. The molecule has 1 N–H and O–H groups in total. The normalized spacial score (nSPS) is 44.7. The molecular weight excluding hydrogens is 186 g/mol. The predicted octanol–water partition coefficient (Wildman–Crippen LogP) is -0.00512. The summed E-state index contributed by atoms with van der Waals surface area (Å²) in [5.74, 6) is -1.16. The largest absolute Gasteiger partial charge is 0.394 e. The first kappa shape index (κ1) is 9.87. The van der Waals surface area contributed by atoms with E-state index in [2.05, 4.69) is 6.07 Å². The van der Waals surface area contributed by atoms with Crippen LogP contribution in [0.3, 0.4) is 0 Å². The molecule has 78 valence electrons. The van der Waals surface area contributed by atoms with Gasteiger partial charge in [0.25, 0.3) is 0 Å². The van der Waals surface area contributed by atoms with Crippen LogP contribution in [0.5, 0.6) is 0 Å². The molecule has 2 aliphatic rings. The molecule has 5 heteroatoms. The van der Waals surface area contributed by atoms with Gasteiger partial charge < -0.3 is 19.3 Å². The second-order valence-electron chi connectivity index (χ2n) is 3.98. The predicted molar refractivity (Wildman–Crippen MR) is 44.9 cm³/mol. The van der Waals surface area contributed by atoms with Crippen LogP contribution < -0.4 is 0 Å². The fourth-order valence-corrected chi connectivity index (χ4v) is 1.89. The van der Waals surface area contributed by atoms with Crippen molar-refractivity contribution in [1.29, 1.82) is 5.26 Å². The van der Waals surface area contributed by atoms with E-state index in [0.29, 0.717) is 0 Å². The van der Waals surface area contributed by atoms with Gasteiger partial charge in [0.1, 0.15) is 18.1 Å². The Morgan fingerprint density at radius 2 is 2.14 bits per heavy atom. The highest BCUT2D eigenvalue weighted by atomic mass is 16.8. The highest BCUT2D eigenvalue weighted by Gasteiger charge is 2.54. The third-order valence-corrected chi connectivity index (χ3v) is 2.48. The van der Waals surface area contributed by atoms with Crippen molar-refractivity contribution >= 4 is 0 Å². The minimum Gasteiger partial charge on any atom is -0.394 e. The van der Waals surface area contributed by atoms with E-state index in [1.54, 1.807) is 13.8 Å². The first-order valence-electron chi connectivity index (χ1n) is 4.59. The van der Waals surface area contributed by atoms with E-state index in [1.165, 1.54) is 0 Å². The van der Waals surface area contributed by atoms with Crippen molar-refractivity contribution in [1.82, 2.24) is 0 Å². The number of rotatable bonds is 1. The Morgan fingerprint density at radius 3 is 2.71 bits per heavy atom.